The maximum Gasteiger partial charge on any atom is 0.101 e. The maximum atomic E-state index is 5.95. The molecule has 2 aromatic rings. The molecule has 0 spiro atoms. The van der Waals surface area contributed by atoms with Gasteiger partial charge in [-0.2, -0.15) is 0 Å². The van der Waals surface area contributed by atoms with Crippen LogP contribution >= 0.6 is 22.9 Å². The van der Waals surface area contributed by atoms with Crippen LogP contribution in [0.1, 0.15) is 17.8 Å². The smallest absolute Gasteiger partial charge is 0.101 e. The summed E-state index contributed by atoms with van der Waals surface area (Å²) >= 11 is 7.68. The Kier molecular flexibility index (Phi) is 2.03. The molecular weight excluding hydrogens is 228 g/mol. The Hall–Kier alpha value is -0.640. The van der Waals surface area contributed by atoms with Crippen molar-refractivity contribution in [2.24, 2.45) is 5.73 Å². The summed E-state index contributed by atoms with van der Waals surface area (Å²) in [5.74, 6) is 0. The summed E-state index contributed by atoms with van der Waals surface area (Å²) in [5.41, 5.74) is 7.02. The molecule has 0 saturated heterocycles. The fourth-order valence-corrected chi connectivity index (χ4v) is 3.28. The third-order valence-electron chi connectivity index (χ3n) is 3.05. The highest BCUT2D eigenvalue weighted by Gasteiger charge is 2.45. The van der Waals surface area contributed by atoms with Crippen LogP contribution in [0.4, 0.5) is 0 Å². The minimum absolute atomic E-state index is 0.191. The minimum atomic E-state index is 0.191. The van der Waals surface area contributed by atoms with E-state index in [-0.39, 0.29) is 5.41 Å². The summed E-state index contributed by atoms with van der Waals surface area (Å²) in [7, 11) is 0. The van der Waals surface area contributed by atoms with Crippen LogP contribution in [0.15, 0.2) is 18.2 Å². The molecule has 78 valence electrons. The van der Waals surface area contributed by atoms with Crippen LogP contribution in [0.3, 0.4) is 0 Å². The van der Waals surface area contributed by atoms with Crippen LogP contribution in [-0.2, 0) is 5.41 Å². The molecule has 1 fully saturated rings. The van der Waals surface area contributed by atoms with Gasteiger partial charge < -0.3 is 5.73 Å². The molecule has 1 heterocycles. The van der Waals surface area contributed by atoms with E-state index >= 15 is 0 Å². The topological polar surface area (TPSA) is 38.9 Å². The molecular formula is C11H11ClN2S. The lowest BCUT2D eigenvalue weighted by Gasteiger charge is -2.05. The highest BCUT2D eigenvalue weighted by atomic mass is 35.5. The molecule has 0 unspecified atom stereocenters. The first kappa shape index (κ1) is 9.58. The van der Waals surface area contributed by atoms with Gasteiger partial charge in [0, 0.05) is 17.0 Å². The highest BCUT2D eigenvalue weighted by molar-refractivity contribution is 7.18. The molecule has 1 aromatic heterocycles. The fraction of sp³-hybridized carbons (Fsp3) is 0.364. The summed E-state index contributed by atoms with van der Waals surface area (Å²) in [6.45, 7) is 0.709. The van der Waals surface area contributed by atoms with Gasteiger partial charge >= 0.3 is 0 Å². The molecule has 0 radical (unpaired) electrons. The SMILES string of the molecule is NCC1(c2nc3ccc(Cl)cc3s2)CC1. The molecule has 1 aliphatic carbocycles. The summed E-state index contributed by atoms with van der Waals surface area (Å²) in [6, 6.07) is 5.84. The van der Waals surface area contributed by atoms with E-state index in [0.717, 1.165) is 15.2 Å². The Labute approximate surface area is 97.1 Å². The van der Waals surface area contributed by atoms with Crippen molar-refractivity contribution in [1.82, 2.24) is 4.98 Å². The van der Waals surface area contributed by atoms with E-state index in [4.69, 9.17) is 17.3 Å². The lowest BCUT2D eigenvalue weighted by molar-refractivity contribution is 0.700. The van der Waals surface area contributed by atoms with E-state index in [1.165, 1.54) is 17.8 Å². The second-order valence-electron chi connectivity index (χ2n) is 4.12. The van der Waals surface area contributed by atoms with Crippen LogP contribution in [-0.4, -0.2) is 11.5 Å². The van der Waals surface area contributed by atoms with Gasteiger partial charge in [0.15, 0.2) is 0 Å². The van der Waals surface area contributed by atoms with Gasteiger partial charge in [-0.15, -0.1) is 11.3 Å². The van der Waals surface area contributed by atoms with Crippen molar-refractivity contribution >= 4 is 33.2 Å². The number of halogens is 1. The number of nitrogens with zero attached hydrogens (tertiary/aromatic N) is 1. The van der Waals surface area contributed by atoms with Gasteiger partial charge in [0.2, 0.25) is 0 Å². The van der Waals surface area contributed by atoms with E-state index in [9.17, 15) is 0 Å². The van der Waals surface area contributed by atoms with E-state index in [1.54, 1.807) is 11.3 Å². The number of aromatic nitrogens is 1. The summed E-state index contributed by atoms with van der Waals surface area (Å²) in [5, 5.41) is 1.96. The minimum Gasteiger partial charge on any atom is -0.329 e. The Bertz CT molecular complexity index is 516. The summed E-state index contributed by atoms with van der Waals surface area (Å²) < 4.78 is 1.16. The second-order valence-corrected chi connectivity index (χ2v) is 5.58. The normalized spacial score (nSPS) is 18.3. The Balaban J connectivity index is 2.14. The molecule has 1 aliphatic rings. The standard InChI is InChI=1S/C11H11ClN2S/c12-7-1-2-8-9(5-7)15-10(14-8)11(6-13)3-4-11/h1-2,5H,3-4,6,13H2. The molecule has 1 aromatic carbocycles. The van der Waals surface area contributed by atoms with E-state index < -0.39 is 0 Å². The Morgan fingerprint density at radius 3 is 2.93 bits per heavy atom. The van der Waals surface area contributed by atoms with Crippen LogP contribution in [0.2, 0.25) is 5.02 Å². The number of rotatable bonds is 2. The van der Waals surface area contributed by atoms with Crippen molar-refractivity contribution in [3.63, 3.8) is 0 Å². The van der Waals surface area contributed by atoms with Crippen LogP contribution in [0.25, 0.3) is 10.2 Å². The zero-order valence-corrected chi connectivity index (χ0v) is 9.74. The quantitative estimate of drug-likeness (QED) is 0.874. The van der Waals surface area contributed by atoms with Crippen molar-refractivity contribution in [1.29, 1.82) is 0 Å². The van der Waals surface area contributed by atoms with Gasteiger partial charge in [0.05, 0.1) is 10.2 Å². The molecule has 15 heavy (non-hydrogen) atoms. The predicted molar refractivity (Wildman–Crippen MR) is 64.6 cm³/mol. The summed E-state index contributed by atoms with van der Waals surface area (Å²) in [4.78, 5) is 4.64. The number of hydrogen-bond acceptors (Lipinski definition) is 3. The highest BCUT2D eigenvalue weighted by Crippen LogP contribution is 2.49. The van der Waals surface area contributed by atoms with E-state index in [0.29, 0.717) is 6.54 Å². The van der Waals surface area contributed by atoms with Gasteiger partial charge in [-0.25, -0.2) is 4.98 Å². The van der Waals surface area contributed by atoms with Crippen LogP contribution in [0.5, 0.6) is 0 Å². The van der Waals surface area contributed by atoms with Crippen molar-refractivity contribution in [3.8, 4) is 0 Å². The summed E-state index contributed by atoms with van der Waals surface area (Å²) in [6.07, 6.45) is 2.36. The molecule has 0 bridgehead atoms. The zero-order chi connectivity index (χ0) is 10.5. The first-order valence-electron chi connectivity index (χ1n) is 5.00. The van der Waals surface area contributed by atoms with Crippen molar-refractivity contribution in [2.75, 3.05) is 6.54 Å². The first-order valence-corrected chi connectivity index (χ1v) is 6.20. The average molecular weight is 239 g/mol. The average Bonchev–Trinajstić information content (AvgIpc) is 2.93. The lowest BCUT2D eigenvalue weighted by atomic mass is 10.1. The van der Waals surface area contributed by atoms with Crippen LogP contribution < -0.4 is 5.73 Å². The van der Waals surface area contributed by atoms with E-state index in [2.05, 4.69) is 4.98 Å². The number of nitrogens with two attached hydrogens (primary N) is 1. The van der Waals surface area contributed by atoms with Crippen molar-refractivity contribution < 1.29 is 0 Å². The van der Waals surface area contributed by atoms with Gasteiger partial charge in [-0.1, -0.05) is 11.6 Å². The number of benzene rings is 1. The van der Waals surface area contributed by atoms with Gasteiger partial charge in [0.1, 0.15) is 5.01 Å². The van der Waals surface area contributed by atoms with Crippen LogP contribution in [0, 0.1) is 0 Å². The lowest BCUT2D eigenvalue weighted by Crippen LogP contribution is -2.19. The van der Waals surface area contributed by atoms with Crippen molar-refractivity contribution in [2.45, 2.75) is 18.3 Å². The van der Waals surface area contributed by atoms with Gasteiger partial charge in [-0.05, 0) is 31.0 Å². The molecule has 0 atom stereocenters. The molecule has 4 heteroatoms. The molecule has 0 aliphatic heterocycles. The zero-order valence-electron chi connectivity index (χ0n) is 8.16. The third kappa shape index (κ3) is 1.46. The molecule has 3 rings (SSSR count). The fourth-order valence-electron chi connectivity index (χ4n) is 1.78. The molecule has 0 amide bonds. The van der Waals surface area contributed by atoms with Gasteiger partial charge in [-0.3, -0.25) is 0 Å². The maximum absolute atomic E-state index is 5.95. The van der Waals surface area contributed by atoms with E-state index in [1.807, 2.05) is 18.2 Å². The Morgan fingerprint density at radius 1 is 1.47 bits per heavy atom. The number of fused-ring (bicyclic) bond motifs is 1. The third-order valence-corrected chi connectivity index (χ3v) is 4.55. The monoisotopic (exact) mass is 238 g/mol. The van der Waals surface area contributed by atoms with Crippen molar-refractivity contribution in [3.05, 3.63) is 28.2 Å². The number of thiazole rings is 1. The van der Waals surface area contributed by atoms with Gasteiger partial charge in [0.25, 0.3) is 0 Å². The predicted octanol–water partition coefficient (Wildman–Crippen LogP) is 2.94. The second kappa shape index (κ2) is 3.17. The molecule has 1 saturated carbocycles. The molecule has 2 N–H and O–H groups in total. The number of hydrogen-bond donors (Lipinski definition) is 1. The first-order chi connectivity index (χ1) is 7.23. The Morgan fingerprint density at radius 2 is 2.27 bits per heavy atom. The largest absolute Gasteiger partial charge is 0.329 e. The molecule has 2 nitrogen and oxygen atoms in total.